The lowest BCUT2D eigenvalue weighted by molar-refractivity contribution is -0.120. The number of halogens is 3. The molecule has 8 nitrogen and oxygen atoms in total. The van der Waals surface area contributed by atoms with E-state index >= 15 is 0 Å². The van der Waals surface area contributed by atoms with Gasteiger partial charge in [0.05, 0.1) is 17.4 Å². The Hall–Kier alpha value is -2.98. The maximum absolute atomic E-state index is 12.9. The highest BCUT2D eigenvalue weighted by Crippen LogP contribution is 2.31. The summed E-state index contributed by atoms with van der Waals surface area (Å²) in [5, 5.41) is 15.6. The number of benzene rings is 1. The largest absolute Gasteiger partial charge is 0.487 e. The van der Waals surface area contributed by atoms with E-state index in [9.17, 15) is 23.5 Å². The summed E-state index contributed by atoms with van der Waals surface area (Å²) < 4.78 is 29.8. The van der Waals surface area contributed by atoms with Gasteiger partial charge in [-0.1, -0.05) is 19.3 Å². The molecule has 1 saturated carbocycles. The number of alkyl halides is 3. The van der Waals surface area contributed by atoms with Gasteiger partial charge in [0, 0.05) is 42.5 Å². The molecule has 2 fully saturated rings. The van der Waals surface area contributed by atoms with Crippen LogP contribution in [0.2, 0.25) is 0 Å². The zero-order valence-electron chi connectivity index (χ0n) is 19.0. The van der Waals surface area contributed by atoms with Crippen molar-refractivity contribution in [3.63, 3.8) is 0 Å². The van der Waals surface area contributed by atoms with Crippen molar-refractivity contribution in [2.24, 2.45) is 5.92 Å². The van der Waals surface area contributed by atoms with Crippen molar-refractivity contribution in [2.45, 2.75) is 50.2 Å². The maximum Gasteiger partial charge on any atom is 0.487 e. The van der Waals surface area contributed by atoms with Crippen molar-refractivity contribution in [3.05, 3.63) is 42.1 Å². The third kappa shape index (κ3) is 6.79. The Morgan fingerprint density at radius 1 is 1.11 bits per heavy atom. The lowest BCUT2D eigenvalue weighted by Gasteiger charge is -2.24. The Kier molecular flexibility index (Phi) is 7.71. The van der Waals surface area contributed by atoms with Crippen LogP contribution >= 0.6 is 11.6 Å². The Balaban J connectivity index is 1.51. The molecule has 11 heteroatoms. The van der Waals surface area contributed by atoms with Crippen molar-refractivity contribution < 1.29 is 28.2 Å². The number of ether oxygens (including phenoxy) is 1. The number of nitrogens with one attached hydrogen (secondary N) is 2. The first-order chi connectivity index (χ1) is 16.7. The van der Waals surface area contributed by atoms with E-state index in [1.54, 1.807) is 6.07 Å². The minimum atomic E-state index is -3.83. The van der Waals surface area contributed by atoms with Crippen LogP contribution in [0.15, 0.2) is 36.5 Å². The first-order valence-electron chi connectivity index (χ1n) is 11.6. The highest BCUT2D eigenvalue weighted by molar-refractivity contribution is 6.20. The van der Waals surface area contributed by atoms with E-state index in [1.807, 2.05) is 4.90 Å². The Labute approximate surface area is 206 Å². The summed E-state index contributed by atoms with van der Waals surface area (Å²) in [5.74, 6) is -0.327. The Morgan fingerprint density at radius 3 is 2.46 bits per heavy atom. The van der Waals surface area contributed by atoms with Gasteiger partial charge in [0.25, 0.3) is 5.91 Å². The number of amides is 2. The molecule has 2 aromatic rings. The second kappa shape index (κ2) is 10.7. The fraction of sp³-hybridized carbons (Fsp3) is 0.458. The predicted octanol–water partition coefficient (Wildman–Crippen LogP) is 4.59. The van der Waals surface area contributed by atoms with Crippen LogP contribution in [0.1, 0.15) is 48.9 Å². The summed E-state index contributed by atoms with van der Waals surface area (Å²) in [6.07, 6.45) is 6.31. The summed E-state index contributed by atoms with van der Waals surface area (Å²) in [6, 6.07) is 6.86. The Bertz CT molecular complexity index is 1060. The number of carbonyl (C=O) groups is 2. The number of carbonyl (C=O) groups excluding carboxylic acids is 2. The van der Waals surface area contributed by atoms with Crippen LogP contribution in [-0.4, -0.2) is 46.7 Å². The second-order valence-corrected chi connectivity index (χ2v) is 9.27. The SMILES string of the molecule is O=C(Nc1ccc(OC(F)(F)Cl)cc1)c1cnc(N2CCC(O)C2)c(NC(=O)C2CCCCC2)c1. The second-order valence-electron chi connectivity index (χ2n) is 8.83. The van der Waals surface area contributed by atoms with E-state index in [2.05, 4.69) is 20.4 Å². The number of nitrogens with zero attached hydrogens (tertiary/aromatic N) is 2. The highest BCUT2D eigenvalue weighted by atomic mass is 35.5. The van der Waals surface area contributed by atoms with Crippen molar-refractivity contribution in [1.82, 2.24) is 4.98 Å². The summed E-state index contributed by atoms with van der Waals surface area (Å²) in [6.45, 7) is 0.975. The van der Waals surface area contributed by atoms with Crippen molar-refractivity contribution in [3.8, 4) is 5.75 Å². The minimum Gasteiger partial charge on any atom is -0.420 e. The van der Waals surface area contributed by atoms with Gasteiger partial charge in [-0.2, -0.15) is 0 Å². The number of aromatic nitrogens is 1. The van der Waals surface area contributed by atoms with Gasteiger partial charge < -0.3 is 25.4 Å². The molecule has 4 rings (SSSR count). The van der Waals surface area contributed by atoms with Crippen LogP contribution in [-0.2, 0) is 4.79 Å². The van der Waals surface area contributed by atoms with Gasteiger partial charge in [-0.05, 0) is 49.6 Å². The number of β-amino-alcohol motifs (C(OH)–C–C–N with tert-alkyl or cyclic N) is 1. The van der Waals surface area contributed by atoms with E-state index in [1.165, 1.54) is 30.5 Å². The first-order valence-corrected chi connectivity index (χ1v) is 12.0. The maximum atomic E-state index is 12.9. The lowest BCUT2D eigenvalue weighted by atomic mass is 9.88. The van der Waals surface area contributed by atoms with Crippen LogP contribution in [0, 0.1) is 5.92 Å². The van der Waals surface area contributed by atoms with Crippen molar-refractivity contribution in [2.75, 3.05) is 28.6 Å². The monoisotopic (exact) mass is 508 g/mol. The number of pyridine rings is 1. The van der Waals surface area contributed by atoms with Crippen molar-refractivity contribution >= 4 is 40.6 Å². The predicted molar refractivity (Wildman–Crippen MR) is 128 cm³/mol. The van der Waals surface area contributed by atoms with E-state index in [0.717, 1.165) is 32.1 Å². The fourth-order valence-corrected chi connectivity index (χ4v) is 4.49. The third-order valence-electron chi connectivity index (χ3n) is 6.17. The number of hydrogen-bond acceptors (Lipinski definition) is 6. The first kappa shape index (κ1) is 25.1. The topological polar surface area (TPSA) is 104 Å². The molecular weight excluding hydrogens is 482 g/mol. The van der Waals surface area contributed by atoms with Crippen LogP contribution in [0.4, 0.5) is 26.0 Å². The number of anilines is 3. The van der Waals surface area contributed by atoms with Crippen LogP contribution < -0.4 is 20.3 Å². The average molecular weight is 509 g/mol. The molecular formula is C24H27ClF2N4O4. The fourth-order valence-electron chi connectivity index (χ4n) is 4.40. The van der Waals surface area contributed by atoms with Gasteiger partial charge in [-0.25, -0.2) is 4.98 Å². The van der Waals surface area contributed by atoms with E-state index in [0.29, 0.717) is 36.7 Å². The molecule has 1 aromatic heterocycles. The van der Waals surface area contributed by atoms with Crippen LogP contribution in [0.3, 0.4) is 0 Å². The molecule has 1 aliphatic carbocycles. The third-order valence-corrected chi connectivity index (χ3v) is 6.25. The molecule has 0 spiro atoms. The highest BCUT2D eigenvalue weighted by Gasteiger charge is 2.28. The number of hydrogen-bond donors (Lipinski definition) is 3. The van der Waals surface area contributed by atoms with Gasteiger partial charge >= 0.3 is 5.57 Å². The number of aliphatic hydroxyl groups excluding tert-OH is 1. The lowest BCUT2D eigenvalue weighted by Crippen LogP contribution is -2.28. The van der Waals surface area contributed by atoms with Gasteiger partial charge in [0.15, 0.2) is 5.82 Å². The summed E-state index contributed by atoms with van der Waals surface area (Å²) in [4.78, 5) is 32.1. The molecule has 188 valence electrons. The van der Waals surface area contributed by atoms with Gasteiger partial charge in [0.1, 0.15) is 5.75 Å². The molecule has 2 heterocycles. The van der Waals surface area contributed by atoms with E-state index in [4.69, 9.17) is 11.6 Å². The molecule has 1 aliphatic heterocycles. The molecule has 1 saturated heterocycles. The van der Waals surface area contributed by atoms with Gasteiger partial charge in [-0.3, -0.25) is 9.59 Å². The number of aliphatic hydroxyl groups is 1. The quantitative estimate of drug-likeness (QED) is 0.473. The summed E-state index contributed by atoms with van der Waals surface area (Å²) in [7, 11) is 0. The Morgan fingerprint density at radius 2 is 1.83 bits per heavy atom. The van der Waals surface area contributed by atoms with Gasteiger partial charge in [-0.15, -0.1) is 8.78 Å². The molecule has 1 aromatic carbocycles. The molecule has 0 bridgehead atoms. The summed E-state index contributed by atoms with van der Waals surface area (Å²) in [5.41, 5.74) is -2.86. The van der Waals surface area contributed by atoms with E-state index in [-0.39, 0.29) is 23.1 Å². The average Bonchev–Trinajstić information content (AvgIpc) is 3.26. The summed E-state index contributed by atoms with van der Waals surface area (Å²) >= 11 is 4.76. The normalized spacial score (nSPS) is 18.9. The molecule has 0 radical (unpaired) electrons. The smallest absolute Gasteiger partial charge is 0.420 e. The zero-order chi connectivity index (χ0) is 25.0. The molecule has 2 aliphatic rings. The van der Waals surface area contributed by atoms with Gasteiger partial charge in [0.2, 0.25) is 5.91 Å². The molecule has 1 atom stereocenters. The van der Waals surface area contributed by atoms with E-state index < -0.39 is 17.6 Å². The molecule has 1 unspecified atom stereocenters. The van der Waals surface area contributed by atoms with Crippen molar-refractivity contribution in [1.29, 1.82) is 0 Å². The molecule has 35 heavy (non-hydrogen) atoms. The standard InChI is InChI=1S/C24H27ClF2N4O4/c25-24(26,27)35-19-8-6-17(7-9-19)29-23(34)16-12-20(30-22(33)15-4-2-1-3-5-15)21(28-13-16)31-11-10-18(32)14-31/h6-9,12-13,15,18,32H,1-5,10-11,14H2,(H,29,34)(H,30,33). The number of rotatable bonds is 7. The molecule has 2 amide bonds. The van der Waals surface area contributed by atoms with Crippen LogP contribution in [0.5, 0.6) is 5.75 Å². The zero-order valence-corrected chi connectivity index (χ0v) is 19.7. The molecule has 3 N–H and O–H groups in total. The minimum absolute atomic E-state index is 0.0839. The van der Waals surface area contributed by atoms with Crippen LogP contribution in [0.25, 0.3) is 0 Å².